The van der Waals surface area contributed by atoms with Gasteiger partial charge in [-0.2, -0.15) is 0 Å². The smallest absolute Gasteiger partial charge is 0.334 e. The van der Waals surface area contributed by atoms with E-state index in [1.54, 1.807) is 13.2 Å². The third-order valence-corrected chi connectivity index (χ3v) is 2.46. The normalized spacial score (nSPS) is 10.0. The Hall–Kier alpha value is -1.23. The Balaban J connectivity index is 2.37. The Morgan fingerprint density at radius 1 is 1.73 bits per heavy atom. The van der Waals surface area contributed by atoms with Gasteiger partial charge in [0.15, 0.2) is 0 Å². The van der Waals surface area contributed by atoms with E-state index in [2.05, 4.69) is 11.6 Å². The van der Waals surface area contributed by atoms with Crippen molar-refractivity contribution in [2.45, 2.75) is 19.1 Å². The van der Waals surface area contributed by atoms with Crippen LogP contribution in [0.25, 0.3) is 0 Å². The quantitative estimate of drug-likeness (QED) is 0.438. The van der Waals surface area contributed by atoms with Crippen molar-refractivity contribution in [2.24, 2.45) is 0 Å². The second-order valence-corrected chi connectivity index (χ2v) is 3.79. The van der Waals surface area contributed by atoms with Crippen LogP contribution in [0.3, 0.4) is 0 Å². The van der Waals surface area contributed by atoms with Gasteiger partial charge in [0.1, 0.15) is 6.26 Å². The topological polar surface area (TPSA) is 52.3 Å². The molecule has 0 aliphatic carbocycles. The van der Waals surface area contributed by atoms with Crippen molar-refractivity contribution in [3.8, 4) is 0 Å². The molecular weight excluding hydrogens is 214 g/mol. The highest BCUT2D eigenvalue weighted by Crippen LogP contribution is 2.19. The van der Waals surface area contributed by atoms with E-state index in [0.717, 1.165) is 5.69 Å². The zero-order chi connectivity index (χ0) is 11.3. The fourth-order valence-electron chi connectivity index (χ4n) is 0.840. The number of carbonyl (C=O) groups is 1. The summed E-state index contributed by atoms with van der Waals surface area (Å²) in [4.78, 5) is 15.3. The molecule has 0 N–H and O–H groups in total. The predicted molar refractivity (Wildman–Crippen MR) is 57.7 cm³/mol. The molecule has 0 bridgehead atoms. The lowest BCUT2D eigenvalue weighted by molar-refractivity contribution is -0.138. The minimum absolute atomic E-state index is 0.362. The molecule has 0 aliphatic rings. The fourth-order valence-corrected chi connectivity index (χ4v) is 1.58. The first-order valence-electron chi connectivity index (χ1n) is 4.53. The maximum atomic E-state index is 11.2. The van der Waals surface area contributed by atoms with Gasteiger partial charge >= 0.3 is 5.97 Å². The number of esters is 1. The molecule has 1 rings (SSSR count). The molecule has 0 fully saturated rings. The summed E-state index contributed by atoms with van der Waals surface area (Å²) >= 11 is 1.33. The van der Waals surface area contributed by atoms with Crippen molar-refractivity contribution >= 4 is 17.7 Å². The number of carbonyl (C=O) groups excluding carboxylic acids is 1. The molecular formula is C10H13NO3S. The fraction of sp³-hybridized carbons (Fsp3) is 0.400. The lowest BCUT2D eigenvalue weighted by Crippen LogP contribution is -2.08. The Bertz CT molecular complexity index is 359. The molecule has 1 heterocycles. The lowest BCUT2D eigenvalue weighted by Gasteiger charge is -2.02. The molecule has 5 heteroatoms. The van der Waals surface area contributed by atoms with Gasteiger partial charge < -0.3 is 9.15 Å². The molecule has 1 aromatic heterocycles. The van der Waals surface area contributed by atoms with Crippen LogP contribution in [0, 0.1) is 6.92 Å². The van der Waals surface area contributed by atoms with Crippen LogP contribution in [0.1, 0.15) is 12.6 Å². The van der Waals surface area contributed by atoms with Gasteiger partial charge in [-0.05, 0) is 13.8 Å². The van der Waals surface area contributed by atoms with Crippen molar-refractivity contribution in [1.82, 2.24) is 4.98 Å². The van der Waals surface area contributed by atoms with E-state index in [9.17, 15) is 4.79 Å². The first-order valence-corrected chi connectivity index (χ1v) is 5.52. The summed E-state index contributed by atoms with van der Waals surface area (Å²) in [5.41, 5.74) is 1.23. The average Bonchev–Trinajstić information content (AvgIpc) is 2.61. The summed E-state index contributed by atoms with van der Waals surface area (Å²) in [6, 6.07) is 0. The van der Waals surface area contributed by atoms with E-state index in [0.29, 0.717) is 23.2 Å². The van der Waals surface area contributed by atoms with Crippen LogP contribution >= 0.6 is 11.8 Å². The molecule has 0 aromatic carbocycles. The number of thioether (sulfide) groups is 1. The molecule has 0 atom stereocenters. The zero-order valence-corrected chi connectivity index (χ0v) is 9.60. The van der Waals surface area contributed by atoms with E-state index in [-0.39, 0.29) is 5.97 Å². The number of ether oxygens (including phenoxy) is 1. The second-order valence-electron chi connectivity index (χ2n) is 2.87. The first kappa shape index (κ1) is 11.8. The highest BCUT2D eigenvalue weighted by Gasteiger charge is 2.10. The van der Waals surface area contributed by atoms with Crippen molar-refractivity contribution in [3.05, 3.63) is 24.1 Å². The molecule has 0 radical (unpaired) electrons. The van der Waals surface area contributed by atoms with Crippen LogP contribution in [-0.4, -0.2) is 23.3 Å². The molecule has 0 unspecified atom stereocenters. The number of oxazole rings is 1. The highest BCUT2D eigenvalue weighted by atomic mass is 32.2. The Morgan fingerprint density at radius 3 is 3.00 bits per heavy atom. The SMILES string of the molecule is C=C(CSc1nc(C)co1)C(=O)OCC. The van der Waals surface area contributed by atoms with Crippen molar-refractivity contribution in [2.75, 3.05) is 12.4 Å². The van der Waals surface area contributed by atoms with E-state index in [1.165, 1.54) is 11.8 Å². The summed E-state index contributed by atoms with van der Waals surface area (Å²) in [5, 5.41) is 0.540. The van der Waals surface area contributed by atoms with Crippen molar-refractivity contribution in [1.29, 1.82) is 0 Å². The monoisotopic (exact) mass is 227 g/mol. The van der Waals surface area contributed by atoms with E-state index >= 15 is 0 Å². The Morgan fingerprint density at radius 2 is 2.47 bits per heavy atom. The average molecular weight is 227 g/mol. The largest absolute Gasteiger partial charge is 0.463 e. The number of nitrogens with zero attached hydrogens (tertiary/aromatic N) is 1. The van der Waals surface area contributed by atoms with Gasteiger partial charge in [0, 0.05) is 11.3 Å². The van der Waals surface area contributed by atoms with Gasteiger partial charge in [-0.15, -0.1) is 0 Å². The van der Waals surface area contributed by atoms with Gasteiger partial charge in [-0.3, -0.25) is 0 Å². The summed E-state index contributed by atoms with van der Waals surface area (Å²) in [6.07, 6.45) is 1.56. The van der Waals surface area contributed by atoms with Crippen molar-refractivity contribution in [3.63, 3.8) is 0 Å². The predicted octanol–water partition coefficient (Wildman–Crippen LogP) is 2.19. The maximum Gasteiger partial charge on any atom is 0.334 e. The maximum absolute atomic E-state index is 11.2. The Kier molecular flexibility index (Phi) is 4.42. The van der Waals surface area contributed by atoms with Gasteiger partial charge in [0.2, 0.25) is 0 Å². The van der Waals surface area contributed by atoms with Crippen molar-refractivity contribution < 1.29 is 13.9 Å². The van der Waals surface area contributed by atoms with Crippen LogP contribution in [0.4, 0.5) is 0 Å². The van der Waals surface area contributed by atoms with E-state index in [4.69, 9.17) is 9.15 Å². The molecule has 0 saturated heterocycles. The summed E-state index contributed by atoms with van der Waals surface area (Å²) < 4.78 is 9.91. The molecule has 0 saturated carbocycles. The molecule has 82 valence electrons. The minimum atomic E-state index is -0.367. The van der Waals surface area contributed by atoms with Crippen LogP contribution in [0.15, 0.2) is 28.1 Å². The number of aromatic nitrogens is 1. The van der Waals surface area contributed by atoms with Crippen LogP contribution in [0.5, 0.6) is 0 Å². The summed E-state index contributed by atoms with van der Waals surface area (Å²) in [6.45, 7) is 7.59. The van der Waals surface area contributed by atoms with Crippen LogP contribution < -0.4 is 0 Å². The van der Waals surface area contributed by atoms with Gasteiger partial charge in [0.05, 0.1) is 12.3 Å². The minimum Gasteiger partial charge on any atom is -0.463 e. The van der Waals surface area contributed by atoms with Gasteiger partial charge in [-0.25, -0.2) is 9.78 Å². The summed E-state index contributed by atoms with van der Waals surface area (Å²) in [5.74, 6) is 0.0620. The van der Waals surface area contributed by atoms with Crippen LogP contribution in [0.2, 0.25) is 0 Å². The lowest BCUT2D eigenvalue weighted by atomic mass is 10.4. The standard InChI is InChI=1S/C10H13NO3S/c1-4-13-9(12)7(2)6-15-10-11-8(3)5-14-10/h5H,2,4,6H2,1,3H3. The van der Waals surface area contributed by atoms with Crippen LogP contribution in [-0.2, 0) is 9.53 Å². The number of rotatable bonds is 5. The molecule has 0 aliphatic heterocycles. The van der Waals surface area contributed by atoms with E-state index in [1.807, 2.05) is 6.92 Å². The molecule has 0 spiro atoms. The third kappa shape index (κ3) is 3.79. The molecule has 1 aromatic rings. The second kappa shape index (κ2) is 5.60. The molecule has 15 heavy (non-hydrogen) atoms. The third-order valence-electron chi connectivity index (χ3n) is 1.53. The van der Waals surface area contributed by atoms with Gasteiger partial charge in [0.25, 0.3) is 5.22 Å². The highest BCUT2D eigenvalue weighted by molar-refractivity contribution is 7.99. The number of aryl methyl sites for hydroxylation is 1. The van der Waals surface area contributed by atoms with E-state index < -0.39 is 0 Å². The first-order chi connectivity index (χ1) is 7.13. The number of hydrogen-bond donors (Lipinski definition) is 0. The molecule has 0 amide bonds. The zero-order valence-electron chi connectivity index (χ0n) is 8.78. The molecule has 4 nitrogen and oxygen atoms in total. The van der Waals surface area contributed by atoms with Gasteiger partial charge in [-0.1, -0.05) is 18.3 Å². The summed E-state index contributed by atoms with van der Waals surface area (Å²) in [7, 11) is 0. The number of hydrogen-bond acceptors (Lipinski definition) is 5. The Labute approximate surface area is 92.7 Å².